The Kier molecular flexibility index (Phi) is 7.67. The van der Waals surface area contributed by atoms with Crippen molar-refractivity contribution in [2.45, 2.75) is 20.1 Å². The Morgan fingerprint density at radius 2 is 1.74 bits per heavy atom. The van der Waals surface area contributed by atoms with Crippen LogP contribution in [0.4, 0.5) is 9.18 Å². The Morgan fingerprint density at radius 1 is 0.974 bits per heavy atom. The fourth-order valence-electron chi connectivity index (χ4n) is 4.20. The Morgan fingerprint density at radius 3 is 2.53 bits per heavy atom. The number of imide groups is 1. The molecule has 0 unspecified atom stereocenters. The second-order valence-electron chi connectivity index (χ2n) is 8.58. The van der Waals surface area contributed by atoms with Crippen LogP contribution in [0.15, 0.2) is 83.8 Å². The van der Waals surface area contributed by atoms with Crippen molar-refractivity contribution in [3.05, 3.63) is 111 Å². The van der Waals surface area contributed by atoms with E-state index < -0.39 is 0 Å². The summed E-state index contributed by atoms with van der Waals surface area (Å²) in [6.07, 6.45) is 1.63. The van der Waals surface area contributed by atoms with Crippen molar-refractivity contribution in [1.29, 1.82) is 0 Å². The number of carbonyl (C=O) groups excluding carboxylic acids is 2. The molecular weight excluding hydrogens is 525 g/mol. The van der Waals surface area contributed by atoms with E-state index in [1.807, 2.05) is 49.4 Å². The molecule has 0 spiro atoms. The van der Waals surface area contributed by atoms with Crippen molar-refractivity contribution < 1.29 is 23.5 Å². The minimum Gasteiger partial charge on any atom is -0.490 e. The Labute approximate surface area is 228 Å². The van der Waals surface area contributed by atoms with Crippen LogP contribution in [0, 0.1) is 5.82 Å². The molecule has 192 valence electrons. The summed E-state index contributed by atoms with van der Waals surface area (Å²) >= 11 is 7.43. The highest BCUT2D eigenvalue weighted by atomic mass is 35.5. The van der Waals surface area contributed by atoms with Gasteiger partial charge in [-0.15, -0.1) is 0 Å². The fraction of sp³-hybridized carbons (Fsp3) is 0.133. The van der Waals surface area contributed by atoms with Crippen LogP contribution < -0.4 is 9.47 Å². The molecule has 1 fully saturated rings. The minimum atomic E-state index is -0.362. The maximum absolute atomic E-state index is 13.2. The molecule has 38 heavy (non-hydrogen) atoms. The van der Waals surface area contributed by atoms with Gasteiger partial charge in [0.05, 0.1) is 23.1 Å². The zero-order chi connectivity index (χ0) is 26.6. The summed E-state index contributed by atoms with van der Waals surface area (Å²) in [5.74, 6) is 0.0636. The average Bonchev–Trinajstić information content (AvgIpc) is 3.17. The summed E-state index contributed by atoms with van der Waals surface area (Å²) in [7, 11) is 0. The molecule has 5 nitrogen and oxygen atoms in total. The lowest BCUT2D eigenvalue weighted by molar-refractivity contribution is -0.123. The first kappa shape index (κ1) is 25.8. The predicted molar refractivity (Wildman–Crippen MR) is 149 cm³/mol. The van der Waals surface area contributed by atoms with E-state index in [1.54, 1.807) is 30.3 Å². The molecule has 0 saturated carbocycles. The lowest BCUT2D eigenvalue weighted by atomic mass is 10.0. The highest BCUT2D eigenvalue weighted by Gasteiger charge is 2.35. The Balaban J connectivity index is 1.38. The van der Waals surface area contributed by atoms with Crippen molar-refractivity contribution in [3.63, 3.8) is 0 Å². The number of ether oxygens (including phenoxy) is 2. The number of amides is 2. The zero-order valence-electron chi connectivity index (χ0n) is 20.4. The van der Waals surface area contributed by atoms with Crippen LogP contribution in [0.1, 0.15) is 23.6 Å². The third-order valence-corrected chi connectivity index (χ3v) is 7.20. The van der Waals surface area contributed by atoms with Gasteiger partial charge in [0.2, 0.25) is 0 Å². The lowest BCUT2D eigenvalue weighted by Crippen LogP contribution is -2.27. The number of rotatable bonds is 8. The number of fused-ring (bicyclic) bond motifs is 1. The normalized spacial score (nSPS) is 14.5. The molecule has 0 N–H and O–H groups in total. The number of benzene rings is 4. The van der Waals surface area contributed by atoms with Crippen molar-refractivity contribution in [2.75, 3.05) is 6.61 Å². The van der Waals surface area contributed by atoms with Crippen LogP contribution in [-0.2, 0) is 17.9 Å². The topological polar surface area (TPSA) is 55.8 Å². The van der Waals surface area contributed by atoms with E-state index in [0.29, 0.717) is 33.6 Å². The van der Waals surface area contributed by atoms with Crippen LogP contribution in [0.2, 0.25) is 5.02 Å². The van der Waals surface area contributed by atoms with Gasteiger partial charge in [0.25, 0.3) is 11.1 Å². The van der Waals surface area contributed by atoms with E-state index in [2.05, 4.69) is 0 Å². The fourth-order valence-corrected chi connectivity index (χ4v) is 5.31. The summed E-state index contributed by atoms with van der Waals surface area (Å²) < 4.78 is 24.8. The van der Waals surface area contributed by atoms with Gasteiger partial charge in [-0.3, -0.25) is 14.5 Å². The second kappa shape index (κ2) is 11.3. The molecule has 1 heterocycles. The van der Waals surface area contributed by atoms with Crippen LogP contribution in [-0.4, -0.2) is 22.7 Å². The molecule has 0 bridgehead atoms. The van der Waals surface area contributed by atoms with Gasteiger partial charge in [0.15, 0.2) is 11.5 Å². The van der Waals surface area contributed by atoms with E-state index >= 15 is 0 Å². The third-order valence-electron chi connectivity index (χ3n) is 6.01. The van der Waals surface area contributed by atoms with Gasteiger partial charge in [-0.05, 0) is 76.5 Å². The quantitative estimate of drug-likeness (QED) is 0.210. The molecule has 8 heteroatoms. The van der Waals surface area contributed by atoms with E-state index in [0.717, 1.165) is 33.7 Å². The summed E-state index contributed by atoms with van der Waals surface area (Å²) in [6.45, 7) is 2.56. The van der Waals surface area contributed by atoms with Crippen LogP contribution in [0.3, 0.4) is 0 Å². The summed E-state index contributed by atoms with van der Waals surface area (Å²) in [5, 5.41) is 2.01. The lowest BCUT2D eigenvalue weighted by Gasteiger charge is -2.15. The van der Waals surface area contributed by atoms with Gasteiger partial charge < -0.3 is 9.47 Å². The maximum atomic E-state index is 13.2. The van der Waals surface area contributed by atoms with Gasteiger partial charge in [-0.2, -0.15) is 0 Å². The van der Waals surface area contributed by atoms with Crippen molar-refractivity contribution in [2.24, 2.45) is 0 Å². The average molecular weight is 548 g/mol. The highest BCUT2D eigenvalue weighted by molar-refractivity contribution is 8.18. The molecule has 1 saturated heterocycles. The van der Waals surface area contributed by atoms with Gasteiger partial charge in [-0.1, -0.05) is 66.2 Å². The van der Waals surface area contributed by atoms with E-state index in [4.69, 9.17) is 21.1 Å². The van der Waals surface area contributed by atoms with E-state index in [1.165, 1.54) is 17.0 Å². The highest BCUT2D eigenvalue weighted by Crippen LogP contribution is 2.40. The van der Waals surface area contributed by atoms with Crippen molar-refractivity contribution in [3.8, 4) is 11.5 Å². The smallest absolute Gasteiger partial charge is 0.293 e. The third kappa shape index (κ3) is 5.54. The Bertz CT molecular complexity index is 1550. The largest absolute Gasteiger partial charge is 0.490 e. The summed E-state index contributed by atoms with van der Waals surface area (Å²) in [4.78, 5) is 27.6. The number of halogens is 2. The number of hydrogen-bond donors (Lipinski definition) is 0. The van der Waals surface area contributed by atoms with E-state index in [9.17, 15) is 14.0 Å². The molecule has 0 radical (unpaired) electrons. The molecule has 0 aromatic heterocycles. The molecule has 5 rings (SSSR count). The number of carbonyl (C=O) groups is 2. The Hall–Kier alpha value is -3.81. The standard InChI is InChI=1S/C30H23ClFNO4S/c1-2-36-26-15-20(14-25(31)28(26)37-18-19-10-12-23(32)13-11-19)16-27-29(34)33(30(35)38-27)17-22-8-5-7-21-6-3-4-9-24(21)22/h3-16H,2,17-18H2,1H3/b27-16-. The van der Waals surface area contributed by atoms with Crippen LogP contribution >= 0.6 is 23.4 Å². The molecule has 1 aliphatic rings. The second-order valence-corrected chi connectivity index (χ2v) is 9.98. The zero-order valence-corrected chi connectivity index (χ0v) is 22.0. The first-order chi connectivity index (χ1) is 18.4. The van der Waals surface area contributed by atoms with Crippen molar-refractivity contribution >= 4 is 51.4 Å². The molecule has 4 aromatic rings. The van der Waals surface area contributed by atoms with Gasteiger partial charge in [0.1, 0.15) is 12.4 Å². The van der Waals surface area contributed by atoms with Gasteiger partial charge in [-0.25, -0.2) is 4.39 Å². The first-order valence-corrected chi connectivity index (χ1v) is 13.2. The molecule has 0 atom stereocenters. The summed E-state index contributed by atoms with van der Waals surface area (Å²) in [5.41, 5.74) is 2.27. The van der Waals surface area contributed by atoms with Crippen LogP contribution in [0.5, 0.6) is 11.5 Å². The number of thioether (sulfide) groups is 1. The number of hydrogen-bond acceptors (Lipinski definition) is 5. The maximum Gasteiger partial charge on any atom is 0.293 e. The number of nitrogens with zero attached hydrogens (tertiary/aromatic N) is 1. The van der Waals surface area contributed by atoms with Gasteiger partial charge >= 0.3 is 0 Å². The molecular formula is C30H23ClFNO4S. The van der Waals surface area contributed by atoms with Crippen molar-refractivity contribution in [1.82, 2.24) is 4.90 Å². The van der Waals surface area contributed by atoms with Crippen LogP contribution in [0.25, 0.3) is 16.8 Å². The molecule has 1 aliphatic heterocycles. The SMILES string of the molecule is CCOc1cc(/C=C2\SC(=O)N(Cc3cccc4ccccc34)C2=O)cc(Cl)c1OCc1ccc(F)cc1. The molecule has 2 amide bonds. The first-order valence-electron chi connectivity index (χ1n) is 12.0. The minimum absolute atomic E-state index is 0.173. The van der Waals surface area contributed by atoms with E-state index in [-0.39, 0.29) is 30.1 Å². The molecule has 4 aromatic carbocycles. The van der Waals surface area contributed by atoms with Gasteiger partial charge in [0, 0.05) is 0 Å². The summed E-state index contributed by atoms with van der Waals surface area (Å²) in [6, 6.07) is 23.1. The predicted octanol–water partition coefficient (Wildman–Crippen LogP) is 7.85. The monoisotopic (exact) mass is 547 g/mol. The molecule has 0 aliphatic carbocycles.